The molecule has 0 spiro atoms. The van der Waals surface area contributed by atoms with Crippen LogP contribution in [0, 0.1) is 0 Å². The topological polar surface area (TPSA) is 48.4 Å². The third-order valence-corrected chi connectivity index (χ3v) is 1.99. The van der Waals surface area contributed by atoms with Crippen LogP contribution in [0.15, 0.2) is 12.1 Å². The van der Waals surface area contributed by atoms with Crippen molar-refractivity contribution >= 4 is 17.6 Å². The van der Waals surface area contributed by atoms with Crippen molar-refractivity contribution in [2.24, 2.45) is 0 Å². The van der Waals surface area contributed by atoms with E-state index in [0.717, 1.165) is 0 Å². The van der Waals surface area contributed by atoms with Crippen LogP contribution in [0.25, 0.3) is 0 Å². The lowest BCUT2D eigenvalue weighted by atomic mass is 10.2. The first-order valence-corrected chi connectivity index (χ1v) is 5.02. The maximum atomic E-state index is 11.4. The lowest BCUT2D eigenvalue weighted by molar-refractivity contribution is 0.0525. The highest BCUT2D eigenvalue weighted by molar-refractivity contribution is 6.17. The van der Waals surface area contributed by atoms with Crippen molar-refractivity contribution in [2.45, 2.75) is 12.8 Å². The first-order chi connectivity index (χ1) is 7.21. The van der Waals surface area contributed by atoms with Crippen molar-refractivity contribution in [1.82, 2.24) is 4.98 Å². The van der Waals surface area contributed by atoms with Gasteiger partial charge in [-0.2, -0.15) is 0 Å². The minimum atomic E-state index is -0.399. The average Bonchev–Trinajstić information content (AvgIpc) is 2.28. The average molecular weight is 230 g/mol. The number of hydrogen-bond acceptors (Lipinski definition) is 4. The fourth-order valence-electron chi connectivity index (χ4n) is 1.07. The fraction of sp³-hybridized carbons (Fsp3) is 0.400. The summed E-state index contributed by atoms with van der Waals surface area (Å²) < 4.78 is 9.81. The lowest BCUT2D eigenvalue weighted by Crippen LogP contribution is -2.06. The zero-order valence-electron chi connectivity index (χ0n) is 8.62. The van der Waals surface area contributed by atoms with E-state index in [9.17, 15) is 4.79 Å². The first-order valence-electron chi connectivity index (χ1n) is 4.49. The summed E-state index contributed by atoms with van der Waals surface area (Å²) in [6.45, 7) is 2.08. The zero-order valence-corrected chi connectivity index (χ0v) is 9.37. The highest BCUT2D eigenvalue weighted by Crippen LogP contribution is 2.14. The fourth-order valence-corrected chi connectivity index (χ4v) is 1.20. The predicted molar refractivity (Wildman–Crippen MR) is 56.3 cm³/mol. The molecule has 1 rings (SSSR count). The number of carbonyl (C=O) groups is 1. The molecule has 0 radical (unpaired) electrons. The Balaban J connectivity index is 3.01. The molecule has 0 aromatic carbocycles. The molecule has 0 amide bonds. The van der Waals surface area contributed by atoms with Crippen molar-refractivity contribution in [1.29, 1.82) is 0 Å². The standard InChI is InChI=1S/C10H12ClNO3/c1-3-15-10(13)7-4-8(6-11)12-9(5-7)14-2/h4-5H,3,6H2,1-2H3. The van der Waals surface area contributed by atoms with E-state index < -0.39 is 5.97 Å². The number of nitrogens with zero attached hydrogens (tertiary/aromatic N) is 1. The number of carbonyl (C=O) groups excluding carboxylic acids is 1. The van der Waals surface area contributed by atoms with Crippen molar-refractivity contribution in [3.8, 4) is 5.88 Å². The minimum absolute atomic E-state index is 0.226. The van der Waals surface area contributed by atoms with E-state index in [4.69, 9.17) is 21.1 Å². The molecule has 0 aliphatic heterocycles. The van der Waals surface area contributed by atoms with Gasteiger partial charge in [0.25, 0.3) is 0 Å². The molecule has 1 heterocycles. The van der Waals surface area contributed by atoms with Crippen molar-refractivity contribution in [3.05, 3.63) is 23.4 Å². The molecule has 0 aliphatic carbocycles. The van der Waals surface area contributed by atoms with Crippen molar-refractivity contribution < 1.29 is 14.3 Å². The van der Waals surface area contributed by atoms with Crippen LogP contribution < -0.4 is 4.74 Å². The van der Waals surface area contributed by atoms with Gasteiger partial charge >= 0.3 is 5.97 Å². The molecular formula is C10H12ClNO3. The third kappa shape index (κ3) is 3.09. The van der Waals surface area contributed by atoms with Gasteiger partial charge in [0.15, 0.2) is 0 Å². The van der Waals surface area contributed by atoms with Crippen LogP contribution in [0.5, 0.6) is 5.88 Å². The molecule has 0 unspecified atom stereocenters. The Kier molecular flexibility index (Phi) is 4.37. The molecule has 4 nitrogen and oxygen atoms in total. The molecule has 0 saturated carbocycles. The van der Waals surface area contributed by atoms with E-state index in [1.165, 1.54) is 13.2 Å². The molecular weight excluding hydrogens is 218 g/mol. The van der Waals surface area contributed by atoms with Crippen LogP contribution >= 0.6 is 11.6 Å². The van der Waals surface area contributed by atoms with E-state index in [2.05, 4.69) is 4.98 Å². The Morgan fingerprint density at radius 1 is 1.53 bits per heavy atom. The Labute approximate surface area is 93.2 Å². The van der Waals surface area contributed by atoms with Gasteiger partial charge in [0.1, 0.15) is 0 Å². The van der Waals surface area contributed by atoms with Gasteiger partial charge in [-0.1, -0.05) is 0 Å². The van der Waals surface area contributed by atoms with Gasteiger partial charge in [0.05, 0.1) is 30.9 Å². The molecule has 0 saturated heterocycles. The molecule has 0 atom stereocenters. The number of methoxy groups -OCH3 is 1. The minimum Gasteiger partial charge on any atom is -0.481 e. The van der Waals surface area contributed by atoms with E-state index in [1.54, 1.807) is 13.0 Å². The quantitative estimate of drug-likeness (QED) is 0.585. The van der Waals surface area contributed by atoms with E-state index in [0.29, 0.717) is 23.7 Å². The smallest absolute Gasteiger partial charge is 0.338 e. The number of halogens is 1. The highest BCUT2D eigenvalue weighted by atomic mass is 35.5. The molecule has 0 bridgehead atoms. The summed E-state index contributed by atoms with van der Waals surface area (Å²) in [5.74, 6) is 0.185. The highest BCUT2D eigenvalue weighted by Gasteiger charge is 2.10. The van der Waals surface area contributed by atoms with E-state index in [-0.39, 0.29) is 5.88 Å². The molecule has 1 aromatic heterocycles. The maximum Gasteiger partial charge on any atom is 0.338 e. The number of hydrogen-bond donors (Lipinski definition) is 0. The summed E-state index contributed by atoms with van der Waals surface area (Å²) in [6.07, 6.45) is 0. The second-order valence-corrected chi connectivity index (χ2v) is 3.01. The monoisotopic (exact) mass is 229 g/mol. The number of pyridine rings is 1. The molecule has 15 heavy (non-hydrogen) atoms. The van der Waals surface area contributed by atoms with Crippen LogP contribution in [0.3, 0.4) is 0 Å². The second kappa shape index (κ2) is 5.56. The number of rotatable bonds is 4. The molecule has 0 N–H and O–H groups in total. The van der Waals surface area contributed by atoms with Gasteiger partial charge < -0.3 is 9.47 Å². The first kappa shape index (κ1) is 11.8. The van der Waals surface area contributed by atoms with Crippen molar-refractivity contribution in [3.63, 3.8) is 0 Å². The Morgan fingerprint density at radius 2 is 2.27 bits per heavy atom. The van der Waals surface area contributed by atoms with Gasteiger partial charge in [-0.3, -0.25) is 0 Å². The Hall–Kier alpha value is -1.29. The van der Waals surface area contributed by atoms with Crippen LogP contribution in [-0.2, 0) is 10.6 Å². The largest absolute Gasteiger partial charge is 0.481 e. The van der Waals surface area contributed by atoms with Crippen LogP contribution in [0.1, 0.15) is 23.0 Å². The molecule has 1 aromatic rings. The van der Waals surface area contributed by atoms with Crippen molar-refractivity contribution in [2.75, 3.05) is 13.7 Å². The summed E-state index contributed by atoms with van der Waals surface area (Å²) in [5.41, 5.74) is 0.985. The summed E-state index contributed by atoms with van der Waals surface area (Å²) in [6, 6.07) is 3.11. The lowest BCUT2D eigenvalue weighted by Gasteiger charge is -2.05. The van der Waals surface area contributed by atoms with Crippen LogP contribution in [-0.4, -0.2) is 24.7 Å². The van der Waals surface area contributed by atoms with E-state index in [1.807, 2.05) is 0 Å². The maximum absolute atomic E-state index is 11.4. The summed E-state index contributed by atoms with van der Waals surface area (Å²) in [7, 11) is 1.48. The van der Waals surface area contributed by atoms with Crippen LogP contribution in [0.4, 0.5) is 0 Å². The van der Waals surface area contributed by atoms with Gasteiger partial charge in [-0.15, -0.1) is 11.6 Å². The number of aromatic nitrogens is 1. The Bertz CT molecular complexity index is 332. The Morgan fingerprint density at radius 3 is 2.80 bits per heavy atom. The second-order valence-electron chi connectivity index (χ2n) is 2.74. The summed E-state index contributed by atoms with van der Waals surface area (Å²) in [5, 5.41) is 0. The summed E-state index contributed by atoms with van der Waals surface area (Å²) >= 11 is 5.64. The molecule has 5 heteroatoms. The normalized spacial score (nSPS) is 9.80. The summed E-state index contributed by atoms with van der Waals surface area (Å²) in [4.78, 5) is 15.5. The number of alkyl halides is 1. The van der Waals surface area contributed by atoms with Crippen LogP contribution in [0.2, 0.25) is 0 Å². The molecule has 0 aliphatic rings. The van der Waals surface area contributed by atoms with Gasteiger partial charge in [0.2, 0.25) is 5.88 Å². The zero-order chi connectivity index (χ0) is 11.3. The number of ether oxygens (including phenoxy) is 2. The number of esters is 1. The van der Waals surface area contributed by atoms with Gasteiger partial charge in [-0.25, -0.2) is 9.78 Å². The molecule has 0 fully saturated rings. The predicted octanol–water partition coefficient (Wildman–Crippen LogP) is 2.01. The van der Waals surface area contributed by atoms with E-state index >= 15 is 0 Å². The molecule has 82 valence electrons. The third-order valence-electron chi connectivity index (χ3n) is 1.71. The SMILES string of the molecule is CCOC(=O)c1cc(CCl)nc(OC)c1. The van der Waals surface area contributed by atoms with Gasteiger partial charge in [-0.05, 0) is 13.0 Å². The van der Waals surface area contributed by atoms with Gasteiger partial charge in [0, 0.05) is 6.07 Å².